The summed E-state index contributed by atoms with van der Waals surface area (Å²) in [5.74, 6) is 0.483. The third-order valence-electron chi connectivity index (χ3n) is 2.52. The van der Waals surface area contributed by atoms with Crippen molar-refractivity contribution in [3.05, 3.63) is 23.2 Å². The Balaban J connectivity index is 2.70. The SMILES string of the molecule is CNCC(C)C(=O)Nc1ccc(OC(C)C)c(Cl)c1. The van der Waals surface area contributed by atoms with E-state index in [9.17, 15) is 4.79 Å². The van der Waals surface area contributed by atoms with Crippen LogP contribution in [0.15, 0.2) is 18.2 Å². The van der Waals surface area contributed by atoms with Gasteiger partial charge in [0.15, 0.2) is 0 Å². The van der Waals surface area contributed by atoms with E-state index >= 15 is 0 Å². The van der Waals surface area contributed by atoms with E-state index in [0.29, 0.717) is 23.0 Å². The highest BCUT2D eigenvalue weighted by molar-refractivity contribution is 6.32. The first kappa shape index (κ1) is 15.8. The van der Waals surface area contributed by atoms with E-state index in [4.69, 9.17) is 16.3 Å². The summed E-state index contributed by atoms with van der Waals surface area (Å²) < 4.78 is 5.54. The molecule has 1 unspecified atom stereocenters. The Labute approximate surface area is 119 Å². The van der Waals surface area contributed by atoms with Crippen LogP contribution in [-0.4, -0.2) is 25.6 Å². The summed E-state index contributed by atoms with van der Waals surface area (Å²) >= 11 is 6.11. The number of nitrogens with one attached hydrogen (secondary N) is 2. The molecule has 0 aliphatic carbocycles. The lowest BCUT2D eigenvalue weighted by Crippen LogP contribution is -2.28. The molecule has 1 amide bonds. The van der Waals surface area contributed by atoms with Gasteiger partial charge in [0.25, 0.3) is 0 Å². The van der Waals surface area contributed by atoms with Crippen molar-refractivity contribution in [2.45, 2.75) is 26.9 Å². The smallest absolute Gasteiger partial charge is 0.228 e. The summed E-state index contributed by atoms with van der Waals surface area (Å²) in [7, 11) is 1.82. The zero-order valence-corrected chi connectivity index (χ0v) is 12.5. The standard InChI is InChI=1S/C14H21ClN2O2/c1-9(2)19-13-6-5-11(7-12(13)15)17-14(18)10(3)8-16-4/h5-7,9-10,16H,8H2,1-4H3,(H,17,18). The molecule has 0 aromatic heterocycles. The van der Waals surface area contributed by atoms with Gasteiger partial charge in [-0.3, -0.25) is 4.79 Å². The molecule has 0 saturated heterocycles. The van der Waals surface area contributed by atoms with E-state index in [1.54, 1.807) is 18.2 Å². The minimum absolute atomic E-state index is 0.0389. The molecule has 0 heterocycles. The van der Waals surface area contributed by atoms with Gasteiger partial charge in [0.1, 0.15) is 5.75 Å². The average molecular weight is 285 g/mol. The fraction of sp³-hybridized carbons (Fsp3) is 0.500. The van der Waals surface area contributed by atoms with Gasteiger partial charge in [-0.05, 0) is 39.1 Å². The maximum atomic E-state index is 11.9. The molecule has 0 aliphatic heterocycles. The summed E-state index contributed by atoms with van der Waals surface area (Å²) in [5.41, 5.74) is 0.675. The van der Waals surface area contributed by atoms with E-state index in [1.807, 2.05) is 27.8 Å². The first-order valence-corrected chi connectivity index (χ1v) is 6.73. The Hall–Kier alpha value is -1.26. The van der Waals surface area contributed by atoms with Crippen LogP contribution in [0.2, 0.25) is 5.02 Å². The summed E-state index contributed by atoms with van der Waals surface area (Å²) in [6.45, 7) is 6.37. The second kappa shape index (κ2) is 7.36. The molecule has 0 aliphatic rings. The van der Waals surface area contributed by atoms with E-state index in [0.717, 1.165) is 0 Å². The molecule has 1 aromatic rings. The number of hydrogen-bond donors (Lipinski definition) is 2. The van der Waals surface area contributed by atoms with Crippen molar-refractivity contribution >= 4 is 23.2 Å². The number of amides is 1. The molecule has 0 fully saturated rings. The Morgan fingerprint density at radius 3 is 2.58 bits per heavy atom. The number of carbonyl (C=O) groups is 1. The number of carbonyl (C=O) groups excluding carboxylic acids is 1. The van der Waals surface area contributed by atoms with E-state index in [1.165, 1.54) is 0 Å². The van der Waals surface area contributed by atoms with Crippen molar-refractivity contribution in [3.63, 3.8) is 0 Å². The lowest BCUT2D eigenvalue weighted by atomic mass is 10.1. The lowest BCUT2D eigenvalue weighted by Gasteiger charge is -2.14. The van der Waals surface area contributed by atoms with Gasteiger partial charge in [-0.1, -0.05) is 18.5 Å². The molecule has 1 aromatic carbocycles. The topological polar surface area (TPSA) is 50.4 Å². The van der Waals surface area contributed by atoms with Crippen LogP contribution in [0.5, 0.6) is 5.75 Å². The van der Waals surface area contributed by atoms with Crippen molar-refractivity contribution in [2.75, 3.05) is 18.9 Å². The lowest BCUT2D eigenvalue weighted by molar-refractivity contribution is -0.119. The quantitative estimate of drug-likeness (QED) is 0.844. The van der Waals surface area contributed by atoms with Gasteiger partial charge in [-0.15, -0.1) is 0 Å². The molecule has 0 bridgehead atoms. The summed E-state index contributed by atoms with van der Waals surface area (Å²) in [5, 5.41) is 6.29. The zero-order valence-electron chi connectivity index (χ0n) is 11.8. The van der Waals surface area contributed by atoms with Crippen LogP contribution in [0.3, 0.4) is 0 Å². The molecule has 5 heteroatoms. The zero-order chi connectivity index (χ0) is 14.4. The van der Waals surface area contributed by atoms with E-state index in [2.05, 4.69) is 10.6 Å². The van der Waals surface area contributed by atoms with E-state index < -0.39 is 0 Å². The van der Waals surface area contributed by atoms with Crippen LogP contribution in [0.25, 0.3) is 0 Å². The molecule has 0 saturated carbocycles. The average Bonchev–Trinajstić information content (AvgIpc) is 2.32. The highest BCUT2D eigenvalue weighted by Gasteiger charge is 2.13. The minimum Gasteiger partial charge on any atom is -0.489 e. The Morgan fingerprint density at radius 1 is 1.37 bits per heavy atom. The Bertz CT molecular complexity index is 435. The fourth-order valence-electron chi connectivity index (χ4n) is 1.59. The summed E-state index contributed by atoms with van der Waals surface area (Å²) in [4.78, 5) is 11.9. The van der Waals surface area contributed by atoms with Gasteiger partial charge in [-0.25, -0.2) is 0 Å². The highest BCUT2D eigenvalue weighted by atomic mass is 35.5. The Kier molecular flexibility index (Phi) is 6.12. The molecule has 0 radical (unpaired) electrons. The monoisotopic (exact) mass is 284 g/mol. The predicted octanol–water partition coefficient (Wildman–Crippen LogP) is 2.92. The third kappa shape index (κ3) is 5.09. The predicted molar refractivity (Wildman–Crippen MR) is 78.9 cm³/mol. The molecule has 0 spiro atoms. The van der Waals surface area contributed by atoms with Gasteiger partial charge in [0.2, 0.25) is 5.91 Å². The van der Waals surface area contributed by atoms with Gasteiger partial charge in [-0.2, -0.15) is 0 Å². The summed E-state index contributed by atoms with van der Waals surface area (Å²) in [6, 6.07) is 5.25. The van der Waals surface area contributed by atoms with Gasteiger partial charge >= 0.3 is 0 Å². The third-order valence-corrected chi connectivity index (χ3v) is 2.82. The van der Waals surface area contributed by atoms with Crippen molar-refractivity contribution in [3.8, 4) is 5.75 Å². The second-order valence-electron chi connectivity index (χ2n) is 4.76. The Morgan fingerprint density at radius 2 is 2.05 bits per heavy atom. The van der Waals surface area contributed by atoms with Crippen LogP contribution in [0.1, 0.15) is 20.8 Å². The van der Waals surface area contributed by atoms with Gasteiger partial charge in [0, 0.05) is 18.2 Å². The number of hydrogen-bond acceptors (Lipinski definition) is 3. The largest absolute Gasteiger partial charge is 0.489 e. The molecular formula is C14H21ClN2O2. The first-order chi connectivity index (χ1) is 8.93. The first-order valence-electron chi connectivity index (χ1n) is 6.35. The van der Waals surface area contributed by atoms with Gasteiger partial charge in [0.05, 0.1) is 11.1 Å². The number of anilines is 1. The van der Waals surface area contributed by atoms with E-state index in [-0.39, 0.29) is 17.9 Å². The van der Waals surface area contributed by atoms with Gasteiger partial charge < -0.3 is 15.4 Å². The highest BCUT2D eigenvalue weighted by Crippen LogP contribution is 2.28. The van der Waals surface area contributed by atoms with Crippen LogP contribution in [-0.2, 0) is 4.79 Å². The number of ether oxygens (including phenoxy) is 1. The molecule has 19 heavy (non-hydrogen) atoms. The van der Waals surface area contributed by atoms with Crippen molar-refractivity contribution < 1.29 is 9.53 Å². The van der Waals surface area contributed by atoms with Crippen LogP contribution >= 0.6 is 11.6 Å². The molecule has 2 N–H and O–H groups in total. The van der Waals surface area contributed by atoms with Crippen LogP contribution in [0, 0.1) is 5.92 Å². The summed E-state index contributed by atoms with van der Waals surface area (Å²) in [6.07, 6.45) is 0.0635. The van der Waals surface area contributed by atoms with Crippen molar-refractivity contribution in [1.82, 2.24) is 5.32 Å². The second-order valence-corrected chi connectivity index (χ2v) is 5.17. The molecule has 106 valence electrons. The van der Waals surface area contributed by atoms with Crippen molar-refractivity contribution in [1.29, 1.82) is 0 Å². The normalized spacial score (nSPS) is 12.3. The van der Waals surface area contributed by atoms with Crippen LogP contribution < -0.4 is 15.4 Å². The number of benzene rings is 1. The number of rotatable bonds is 6. The molecule has 4 nitrogen and oxygen atoms in total. The molecule has 1 rings (SSSR count). The molecular weight excluding hydrogens is 264 g/mol. The maximum absolute atomic E-state index is 11.9. The van der Waals surface area contributed by atoms with Crippen LogP contribution in [0.4, 0.5) is 5.69 Å². The van der Waals surface area contributed by atoms with Crippen molar-refractivity contribution in [2.24, 2.45) is 5.92 Å². The molecule has 1 atom stereocenters. The number of halogens is 1. The fourth-order valence-corrected chi connectivity index (χ4v) is 1.82. The minimum atomic E-state index is -0.102. The maximum Gasteiger partial charge on any atom is 0.228 e.